The molecule has 3 nitrogen and oxygen atoms in total. The molecule has 1 heterocycles. The monoisotopic (exact) mass is 143 g/mol. The van der Waals surface area contributed by atoms with E-state index >= 15 is 0 Å². The maximum Gasteiger partial charge on any atom is 0.216 e. The molecular formula is C7H13NO2. The van der Waals surface area contributed by atoms with Crippen LogP contribution in [-0.2, 0) is 9.53 Å². The molecule has 0 aromatic rings. The van der Waals surface area contributed by atoms with Crippen molar-refractivity contribution in [2.24, 2.45) is 0 Å². The summed E-state index contributed by atoms with van der Waals surface area (Å²) in [5.74, 6) is 0.0236. The summed E-state index contributed by atoms with van der Waals surface area (Å²) in [7, 11) is 0. The number of ether oxygens (including phenoxy) is 1. The van der Waals surface area contributed by atoms with Gasteiger partial charge in [-0.15, -0.1) is 0 Å². The third kappa shape index (κ3) is 2.35. The Kier molecular flexibility index (Phi) is 2.68. The molecule has 1 rings (SSSR count). The van der Waals surface area contributed by atoms with Crippen molar-refractivity contribution in [3.8, 4) is 0 Å². The van der Waals surface area contributed by atoms with Gasteiger partial charge in [-0.1, -0.05) is 0 Å². The quantitative estimate of drug-likeness (QED) is 0.603. The number of amides is 1. The summed E-state index contributed by atoms with van der Waals surface area (Å²) in [5, 5.41) is 2.72. The van der Waals surface area contributed by atoms with Crippen LogP contribution in [0.1, 0.15) is 19.8 Å². The SMILES string of the molecule is CC(=O)NC[C@H]1CCCO1. The van der Waals surface area contributed by atoms with E-state index in [0.29, 0.717) is 6.54 Å². The van der Waals surface area contributed by atoms with Crippen LogP contribution in [0.4, 0.5) is 0 Å². The van der Waals surface area contributed by atoms with E-state index < -0.39 is 0 Å². The highest BCUT2D eigenvalue weighted by molar-refractivity contribution is 5.72. The van der Waals surface area contributed by atoms with Crippen LogP contribution in [-0.4, -0.2) is 25.2 Å². The number of hydrogen-bond acceptors (Lipinski definition) is 2. The van der Waals surface area contributed by atoms with E-state index in [9.17, 15) is 4.79 Å². The Hall–Kier alpha value is -0.570. The van der Waals surface area contributed by atoms with E-state index in [1.807, 2.05) is 0 Å². The van der Waals surface area contributed by atoms with Gasteiger partial charge in [-0.25, -0.2) is 0 Å². The number of carbonyl (C=O) groups excluding carboxylic acids is 1. The Bertz CT molecular complexity index is 119. The molecule has 0 radical (unpaired) electrons. The Morgan fingerprint density at radius 1 is 1.80 bits per heavy atom. The zero-order valence-corrected chi connectivity index (χ0v) is 6.22. The summed E-state index contributed by atoms with van der Waals surface area (Å²) in [5.41, 5.74) is 0. The molecule has 1 atom stereocenters. The predicted molar refractivity (Wildman–Crippen MR) is 37.7 cm³/mol. The van der Waals surface area contributed by atoms with Crippen molar-refractivity contribution in [3.05, 3.63) is 0 Å². The van der Waals surface area contributed by atoms with Crippen molar-refractivity contribution in [1.82, 2.24) is 5.32 Å². The van der Waals surface area contributed by atoms with Crippen LogP contribution in [0.2, 0.25) is 0 Å². The first kappa shape index (κ1) is 7.54. The first-order valence-electron chi connectivity index (χ1n) is 3.65. The van der Waals surface area contributed by atoms with Crippen molar-refractivity contribution < 1.29 is 9.53 Å². The van der Waals surface area contributed by atoms with Crippen LogP contribution in [0, 0.1) is 0 Å². The molecule has 58 valence electrons. The number of carbonyl (C=O) groups is 1. The minimum atomic E-state index is 0.0236. The summed E-state index contributed by atoms with van der Waals surface area (Å²) >= 11 is 0. The standard InChI is InChI=1S/C7H13NO2/c1-6(9)8-5-7-3-2-4-10-7/h7H,2-5H2,1H3,(H,8,9)/t7-/m1/s1. The molecule has 0 bridgehead atoms. The molecule has 1 fully saturated rings. The molecule has 1 aliphatic rings. The molecule has 0 aromatic heterocycles. The lowest BCUT2D eigenvalue weighted by Crippen LogP contribution is -2.29. The van der Waals surface area contributed by atoms with E-state index in [1.165, 1.54) is 6.92 Å². The fraction of sp³-hybridized carbons (Fsp3) is 0.857. The van der Waals surface area contributed by atoms with Crippen molar-refractivity contribution in [3.63, 3.8) is 0 Å². The Morgan fingerprint density at radius 3 is 3.10 bits per heavy atom. The van der Waals surface area contributed by atoms with Crippen LogP contribution in [0.25, 0.3) is 0 Å². The molecule has 0 aliphatic carbocycles. The lowest BCUT2D eigenvalue weighted by molar-refractivity contribution is -0.119. The number of nitrogens with one attached hydrogen (secondary N) is 1. The van der Waals surface area contributed by atoms with Crippen molar-refractivity contribution in [2.45, 2.75) is 25.9 Å². The number of hydrogen-bond donors (Lipinski definition) is 1. The topological polar surface area (TPSA) is 38.3 Å². The molecule has 0 saturated carbocycles. The van der Waals surface area contributed by atoms with Gasteiger partial charge < -0.3 is 10.1 Å². The summed E-state index contributed by atoms with van der Waals surface area (Å²) in [6, 6.07) is 0. The smallest absolute Gasteiger partial charge is 0.216 e. The first-order valence-corrected chi connectivity index (χ1v) is 3.65. The van der Waals surface area contributed by atoms with Gasteiger partial charge in [0.1, 0.15) is 0 Å². The van der Waals surface area contributed by atoms with E-state index in [1.54, 1.807) is 0 Å². The van der Waals surface area contributed by atoms with Crippen LogP contribution in [0.3, 0.4) is 0 Å². The molecule has 10 heavy (non-hydrogen) atoms. The fourth-order valence-corrected chi connectivity index (χ4v) is 1.06. The first-order chi connectivity index (χ1) is 4.79. The molecule has 0 aromatic carbocycles. The summed E-state index contributed by atoms with van der Waals surface area (Å²) in [6.45, 7) is 3.05. The highest BCUT2D eigenvalue weighted by Crippen LogP contribution is 2.10. The van der Waals surface area contributed by atoms with Gasteiger partial charge in [0, 0.05) is 20.1 Å². The summed E-state index contributed by atoms with van der Waals surface area (Å²) in [4.78, 5) is 10.4. The molecule has 3 heteroatoms. The molecule has 0 unspecified atom stereocenters. The Morgan fingerprint density at radius 2 is 2.60 bits per heavy atom. The molecule has 1 amide bonds. The van der Waals surface area contributed by atoms with Gasteiger partial charge >= 0.3 is 0 Å². The van der Waals surface area contributed by atoms with Gasteiger partial charge in [0.05, 0.1) is 6.10 Å². The third-order valence-corrected chi connectivity index (χ3v) is 1.60. The van der Waals surface area contributed by atoms with Gasteiger partial charge in [-0.05, 0) is 12.8 Å². The average molecular weight is 143 g/mol. The van der Waals surface area contributed by atoms with Gasteiger partial charge in [0.25, 0.3) is 0 Å². The van der Waals surface area contributed by atoms with Crippen LogP contribution in [0.5, 0.6) is 0 Å². The lowest BCUT2D eigenvalue weighted by Gasteiger charge is -2.08. The van der Waals surface area contributed by atoms with Crippen LogP contribution >= 0.6 is 0 Å². The van der Waals surface area contributed by atoms with Crippen molar-refractivity contribution in [2.75, 3.05) is 13.2 Å². The average Bonchev–Trinajstić information content (AvgIpc) is 2.34. The van der Waals surface area contributed by atoms with Gasteiger partial charge in [-0.3, -0.25) is 4.79 Å². The minimum absolute atomic E-state index is 0.0236. The largest absolute Gasteiger partial charge is 0.376 e. The summed E-state index contributed by atoms with van der Waals surface area (Å²) < 4.78 is 5.29. The fourth-order valence-electron chi connectivity index (χ4n) is 1.06. The van der Waals surface area contributed by atoms with E-state index in [4.69, 9.17) is 4.74 Å². The third-order valence-electron chi connectivity index (χ3n) is 1.60. The van der Waals surface area contributed by atoms with Crippen molar-refractivity contribution in [1.29, 1.82) is 0 Å². The predicted octanol–water partition coefficient (Wildman–Crippen LogP) is 0.301. The zero-order valence-electron chi connectivity index (χ0n) is 6.22. The molecule has 0 spiro atoms. The highest BCUT2D eigenvalue weighted by Gasteiger charge is 2.14. The van der Waals surface area contributed by atoms with Crippen molar-refractivity contribution >= 4 is 5.91 Å². The van der Waals surface area contributed by atoms with E-state index in [0.717, 1.165) is 19.4 Å². The lowest BCUT2D eigenvalue weighted by atomic mass is 10.2. The Labute approximate surface area is 60.7 Å². The normalized spacial score (nSPS) is 24.7. The highest BCUT2D eigenvalue weighted by atomic mass is 16.5. The van der Waals surface area contributed by atoms with Gasteiger partial charge in [0.15, 0.2) is 0 Å². The number of rotatable bonds is 2. The van der Waals surface area contributed by atoms with Crippen LogP contribution in [0.15, 0.2) is 0 Å². The maximum atomic E-state index is 10.4. The van der Waals surface area contributed by atoms with E-state index in [-0.39, 0.29) is 12.0 Å². The maximum absolute atomic E-state index is 10.4. The summed E-state index contributed by atoms with van der Waals surface area (Å²) in [6.07, 6.45) is 2.48. The Balaban J connectivity index is 2.07. The molecular weight excluding hydrogens is 130 g/mol. The van der Waals surface area contributed by atoms with Gasteiger partial charge in [0.2, 0.25) is 5.91 Å². The van der Waals surface area contributed by atoms with Crippen LogP contribution < -0.4 is 5.32 Å². The second-order valence-electron chi connectivity index (χ2n) is 2.57. The van der Waals surface area contributed by atoms with E-state index in [2.05, 4.69) is 5.32 Å². The minimum Gasteiger partial charge on any atom is -0.376 e. The second-order valence-corrected chi connectivity index (χ2v) is 2.57. The van der Waals surface area contributed by atoms with Gasteiger partial charge in [-0.2, -0.15) is 0 Å². The second kappa shape index (κ2) is 3.56. The molecule has 1 saturated heterocycles. The molecule has 1 N–H and O–H groups in total. The zero-order chi connectivity index (χ0) is 7.40. The molecule has 1 aliphatic heterocycles.